The number of rotatable bonds is 19. The number of methoxy groups -OCH3 is 1. The number of carbonyl (C=O) groups is 6. The Labute approximate surface area is 513 Å². The maximum absolute atomic E-state index is 13.2. The Hall–Kier alpha value is -11.1. The molecule has 10 aromatic rings. The molecule has 10 aromatic carbocycles. The molecule has 7 N–H and O–H groups in total. The molecule has 0 aromatic heterocycles. The van der Waals surface area contributed by atoms with Crippen LogP contribution in [0.15, 0.2) is 223 Å². The number of sulfone groups is 1. The number of hydrogen-bond acceptors (Lipinski definition) is 12. The summed E-state index contributed by atoms with van der Waals surface area (Å²) in [5.41, 5.74) is 5.95. The third kappa shape index (κ3) is 18.2. The molecule has 89 heavy (non-hydrogen) atoms. The fourth-order valence-corrected chi connectivity index (χ4v) is 10.7. The zero-order chi connectivity index (χ0) is 63.6. The van der Waals surface area contributed by atoms with Crippen molar-refractivity contribution in [3.05, 3.63) is 263 Å². The number of benzene rings is 10. The predicted octanol–water partition coefficient (Wildman–Crippen LogP) is 14.2. The molecule has 1 atom stereocenters. The number of aryl methyl sites for hydroxylation is 3. The van der Waals surface area contributed by atoms with Gasteiger partial charge in [0.25, 0.3) is 5.91 Å². The number of nitrogens with one attached hydrogen (secondary N) is 3. The molecule has 0 saturated carbocycles. The number of fused-ring (bicyclic) bond motifs is 2. The van der Waals surface area contributed by atoms with Crippen molar-refractivity contribution in [3.8, 4) is 23.0 Å². The van der Waals surface area contributed by atoms with Crippen LogP contribution in [-0.2, 0) is 30.6 Å². The third-order valence-electron chi connectivity index (χ3n) is 14.2. The first-order chi connectivity index (χ1) is 42.7. The van der Waals surface area contributed by atoms with Crippen LogP contribution in [-0.4, -0.2) is 77.3 Å². The number of carbonyl (C=O) groups excluding carboxylic acids is 4. The standard InChI is InChI=1S/C31H29NO7S.C20H17NO4.C20H17NO3/c1-21-7-9-22(10-8-21)23(19-30(34)32-24-11-16-28(31(35)36)29(33)20-24)17-18-40(37,38)27-14-12-26(13-15-27)39-25-5-3-2-4-6-25;1-12-3-8-18(22)17(9-12)21-19(23)15-6-4-14-11-16(20(24)25-2)7-5-13(14)10-15;22-19(21-18-10-8-16(9-11-18)20(23)24)12-6-14-5-7-15-3-1-2-4-17(15)13-14/h2-16,20,23,33H,17-19H2,1H3,(H,32,34)(H,35,36);3-11,22H,1-2H3,(H,21,23);1-5,7-11,13H,6,12H2,(H,21,22)(H,23,24). The summed E-state index contributed by atoms with van der Waals surface area (Å²) < 4.78 is 36.8. The molecule has 0 spiro atoms. The van der Waals surface area contributed by atoms with E-state index in [1.165, 1.54) is 54.3 Å². The van der Waals surface area contributed by atoms with Crippen LogP contribution in [0.2, 0.25) is 0 Å². The smallest absolute Gasteiger partial charge is 0.339 e. The fourth-order valence-electron chi connectivity index (χ4n) is 9.35. The molecule has 3 amide bonds. The zero-order valence-electron chi connectivity index (χ0n) is 48.7. The number of phenolic OH excluding ortho intramolecular Hbond substituents is 1. The average molecular weight is 1210 g/mol. The topological polar surface area (TPSA) is 272 Å². The highest BCUT2D eigenvalue weighted by Gasteiger charge is 2.23. The number of esters is 1. The number of ether oxygens (including phenoxy) is 2. The molecule has 452 valence electrons. The number of amides is 3. The summed E-state index contributed by atoms with van der Waals surface area (Å²) in [6, 6.07) is 62.5. The lowest BCUT2D eigenvalue weighted by atomic mass is 9.92. The van der Waals surface area contributed by atoms with Crippen molar-refractivity contribution in [2.24, 2.45) is 0 Å². The van der Waals surface area contributed by atoms with Crippen molar-refractivity contribution in [3.63, 3.8) is 0 Å². The highest BCUT2D eigenvalue weighted by molar-refractivity contribution is 7.91. The number of carboxylic acids is 2. The fraction of sp³-hybridized carbons (Fsp3) is 0.127. The molecule has 0 aliphatic rings. The van der Waals surface area contributed by atoms with Gasteiger partial charge in [0.2, 0.25) is 11.8 Å². The molecule has 0 heterocycles. The molecule has 10 rings (SSSR count). The molecule has 0 radical (unpaired) electrons. The molecule has 0 saturated heterocycles. The van der Waals surface area contributed by atoms with E-state index in [4.69, 9.17) is 19.7 Å². The molecule has 0 aliphatic heterocycles. The summed E-state index contributed by atoms with van der Waals surface area (Å²) >= 11 is 0. The van der Waals surface area contributed by atoms with Gasteiger partial charge in [-0.15, -0.1) is 0 Å². The van der Waals surface area contributed by atoms with Crippen LogP contribution in [0.25, 0.3) is 21.5 Å². The maximum Gasteiger partial charge on any atom is 0.339 e. The summed E-state index contributed by atoms with van der Waals surface area (Å²) in [5, 5.41) is 49.9. The van der Waals surface area contributed by atoms with Gasteiger partial charge < -0.3 is 45.9 Å². The number of hydrogen-bond donors (Lipinski definition) is 7. The molecule has 17 nitrogen and oxygen atoms in total. The largest absolute Gasteiger partial charge is 0.507 e. The van der Waals surface area contributed by atoms with Crippen molar-refractivity contribution in [1.29, 1.82) is 0 Å². The van der Waals surface area contributed by atoms with E-state index in [1.54, 1.807) is 91.0 Å². The summed E-state index contributed by atoms with van der Waals surface area (Å²) in [6.07, 6.45) is 1.22. The minimum Gasteiger partial charge on any atom is -0.507 e. The number of phenols is 2. The van der Waals surface area contributed by atoms with E-state index < -0.39 is 45.3 Å². The summed E-state index contributed by atoms with van der Waals surface area (Å²) in [5.74, 6) is -3.34. The van der Waals surface area contributed by atoms with E-state index in [2.05, 4.69) is 40.2 Å². The Balaban J connectivity index is 0.000000181. The molecule has 1 unspecified atom stereocenters. The summed E-state index contributed by atoms with van der Waals surface area (Å²) in [7, 11) is -2.32. The molecule has 0 bridgehead atoms. The summed E-state index contributed by atoms with van der Waals surface area (Å²) in [6.45, 7) is 3.82. The van der Waals surface area contributed by atoms with Gasteiger partial charge in [-0.2, -0.15) is 0 Å². The predicted molar refractivity (Wildman–Crippen MR) is 342 cm³/mol. The van der Waals surface area contributed by atoms with Gasteiger partial charge in [0, 0.05) is 35.8 Å². The van der Waals surface area contributed by atoms with Crippen molar-refractivity contribution in [1.82, 2.24) is 0 Å². The number of aromatic hydroxyl groups is 2. The highest BCUT2D eigenvalue weighted by Crippen LogP contribution is 2.31. The first-order valence-electron chi connectivity index (χ1n) is 28.0. The van der Waals surface area contributed by atoms with Crippen LogP contribution in [0, 0.1) is 13.8 Å². The lowest BCUT2D eigenvalue weighted by Crippen LogP contribution is -2.18. The van der Waals surface area contributed by atoms with Crippen LogP contribution in [0.1, 0.15) is 88.9 Å². The van der Waals surface area contributed by atoms with E-state index in [1.807, 2.05) is 74.5 Å². The zero-order valence-corrected chi connectivity index (χ0v) is 49.5. The van der Waals surface area contributed by atoms with Crippen LogP contribution < -0.4 is 20.7 Å². The van der Waals surface area contributed by atoms with Gasteiger partial charge in [-0.25, -0.2) is 22.8 Å². The van der Waals surface area contributed by atoms with Gasteiger partial charge >= 0.3 is 17.9 Å². The Kier molecular flexibility index (Phi) is 21.4. The average Bonchev–Trinajstić information content (AvgIpc) is 3.17. The minimum absolute atomic E-state index is 0.0100. The Morgan fingerprint density at radius 3 is 1.75 bits per heavy atom. The van der Waals surface area contributed by atoms with Crippen molar-refractivity contribution in [2.45, 2.75) is 50.3 Å². The molecule has 18 heteroatoms. The third-order valence-corrected chi connectivity index (χ3v) is 15.9. The molecular formula is C71H63N3O14S. The van der Waals surface area contributed by atoms with Gasteiger partial charge in [0.15, 0.2) is 9.84 Å². The first-order valence-corrected chi connectivity index (χ1v) is 29.7. The second-order valence-electron chi connectivity index (χ2n) is 20.7. The summed E-state index contributed by atoms with van der Waals surface area (Å²) in [4.78, 5) is 71.1. The Bertz CT molecular complexity index is 4310. The van der Waals surface area contributed by atoms with Crippen molar-refractivity contribution < 1.29 is 67.1 Å². The normalized spacial score (nSPS) is 11.1. The van der Waals surface area contributed by atoms with E-state index >= 15 is 0 Å². The number of aromatic carboxylic acids is 2. The Morgan fingerprint density at radius 2 is 1.09 bits per heavy atom. The lowest BCUT2D eigenvalue weighted by Gasteiger charge is -2.18. The molecule has 0 aliphatic carbocycles. The van der Waals surface area contributed by atoms with Gasteiger partial charge in [-0.05, 0) is 180 Å². The van der Waals surface area contributed by atoms with Gasteiger partial charge in [-0.1, -0.05) is 109 Å². The van der Waals surface area contributed by atoms with Gasteiger partial charge in [-0.3, -0.25) is 14.4 Å². The van der Waals surface area contributed by atoms with Crippen LogP contribution in [0.3, 0.4) is 0 Å². The minimum atomic E-state index is -3.65. The van der Waals surface area contributed by atoms with Gasteiger partial charge in [0.1, 0.15) is 28.6 Å². The SMILES string of the molecule is COC(=O)c1ccc2cc(C(=O)Nc3cc(C)ccc3O)ccc2c1.Cc1ccc(C(CCS(=O)(=O)c2ccc(Oc3ccccc3)cc2)CC(=O)Nc2ccc(C(=O)O)c(O)c2)cc1.O=C(CCc1ccc2ccccc2c1)Nc1ccc(C(=O)O)cc1. The van der Waals surface area contributed by atoms with Crippen molar-refractivity contribution >= 4 is 84.1 Å². The second kappa shape index (κ2) is 29.8. The monoisotopic (exact) mass is 1210 g/mol. The maximum atomic E-state index is 13.2. The van der Waals surface area contributed by atoms with Crippen LogP contribution in [0.4, 0.5) is 17.1 Å². The van der Waals surface area contributed by atoms with Gasteiger partial charge in [0.05, 0.1) is 34.6 Å². The quantitative estimate of drug-likeness (QED) is 0.0293. The highest BCUT2D eigenvalue weighted by atomic mass is 32.2. The first kappa shape index (κ1) is 63.9. The number of anilines is 3. The molecular weight excluding hydrogens is 1150 g/mol. The number of para-hydroxylation sites is 1. The second-order valence-corrected chi connectivity index (χ2v) is 22.9. The van der Waals surface area contributed by atoms with Crippen molar-refractivity contribution in [2.75, 3.05) is 28.8 Å². The van der Waals surface area contributed by atoms with Crippen LogP contribution >= 0.6 is 0 Å². The van der Waals surface area contributed by atoms with E-state index in [9.17, 15) is 47.4 Å². The lowest BCUT2D eigenvalue weighted by molar-refractivity contribution is -0.117. The van der Waals surface area contributed by atoms with Crippen LogP contribution in [0.5, 0.6) is 23.0 Å². The number of carboxylic acid groups (broad SMARTS) is 2. The van der Waals surface area contributed by atoms with E-state index in [0.29, 0.717) is 46.8 Å². The molecule has 0 fully saturated rings. The van der Waals surface area contributed by atoms with E-state index in [-0.39, 0.29) is 57.9 Å². The van der Waals surface area contributed by atoms with E-state index in [0.717, 1.165) is 39.1 Å². The Morgan fingerprint density at radius 1 is 0.506 bits per heavy atom.